The Hall–Kier alpha value is -3.74. The average Bonchev–Trinajstić information content (AvgIpc) is 3.00. The van der Waals surface area contributed by atoms with Gasteiger partial charge in [0, 0.05) is 31.3 Å². The summed E-state index contributed by atoms with van der Waals surface area (Å²) in [7, 11) is 0. The maximum Gasteiger partial charge on any atom is 0.252 e. The number of pyridine rings is 1. The Kier molecular flexibility index (Phi) is 18.6. The third-order valence-corrected chi connectivity index (χ3v) is 7.91. The molecule has 1 aromatic rings. The topological polar surface area (TPSA) is 184 Å². The third-order valence-electron chi connectivity index (χ3n) is 7.91. The highest BCUT2D eigenvalue weighted by Crippen LogP contribution is 2.12. The van der Waals surface area contributed by atoms with E-state index in [9.17, 15) is 29.2 Å². The minimum Gasteiger partial charge on any atom is -0.619 e. The summed E-state index contributed by atoms with van der Waals surface area (Å²) < 4.78 is 0.568. The molecule has 13 nitrogen and oxygen atoms in total. The normalized spacial score (nSPS) is 15.1. The highest BCUT2D eigenvalue weighted by atomic mass is 16.5. The summed E-state index contributed by atoms with van der Waals surface area (Å²) in [4.78, 5) is 65.5. The summed E-state index contributed by atoms with van der Waals surface area (Å²) in [6.45, 7) is 18.0. The molecule has 1 heterocycles. The van der Waals surface area contributed by atoms with Crippen molar-refractivity contribution in [2.75, 3.05) is 13.1 Å². The van der Waals surface area contributed by atoms with E-state index in [-0.39, 0.29) is 47.1 Å². The first-order valence-corrected chi connectivity index (χ1v) is 17.0. The Labute approximate surface area is 280 Å². The zero-order chi connectivity index (χ0) is 35.7. The number of hydrogen-bond donors (Lipinski definition) is 6. The lowest BCUT2D eigenvalue weighted by Crippen LogP contribution is -2.58. The van der Waals surface area contributed by atoms with E-state index in [4.69, 9.17) is 0 Å². The van der Waals surface area contributed by atoms with Crippen LogP contribution in [0.15, 0.2) is 24.5 Å². The van der Waals surface area contributed by atoms with Gasteiger partial charge in [-0.2, -0.15) is 4.73 Å². The largest absolute Gasteiger partial charge is 0.619 e. The third kappa shape index (κ3) is 15.1. The molecule has 266 valence electrons. The van der Waals surface area contributed by atoms with E-state index < -0.39 is 36.0 Å². The summed E-state index contributed by atoms with van der Waals surface area (Å²) in [6, 6.07) is -0.584. The lowest BCUT2D eigenvalue weighted by molar-refractivity contribution is -0.605. The first kappa shape index (κ1) is 41.3. The van der Waals surface area contributed by atoms with Crippen LogP contribution in [0.25, 0.3) is 0 Å². The molecule has 0 aromatic carbocycles. The Balaban J connectivity index is 2.97. The van der Waals surface area contributed by atoms with Crippen LogP contribution < -0.4 is 36.6 Å². The van der Waals surface area contributed by atoms with E-state index in [1.54, 1.807) is 6.92 Å². The van der Waals surface area contributed by atoms with Crippen molar-refractivity contribution in [1.82, 2.24) is 31.9 Å². The van der Waals surface area contributed by atoms with E-state index in [0.29, 0.717) is 49.9 Å². The number of amides is 5. The van der Waals surface area contributed by atoms with Gasteiger partial charge in [0.1, 0.15) is 18.1 Å². The monoisotopic (exact) mass is 661 g/mol. The summed E-state index contributed by atoms with van der Waals surface area (Å²) in [5, 5.41) is 28.9. The minimum atomic E-state index is -0.898. The first-order chi connectivity index (χ1) is 22.1. The van der Waals surface area contributed by atoms with Crippen LogP contribution in [-0.4, -0.2) is 72.8 Å². The maximum absolute atomic E-state index is 13.6. The zero-order valence-corrected chi connectivity index (χ0v) is 29.8. The molecule has 1 rings (SSSR count). The number of hydrogen-bond acceptors (Lipinski definition) is 7. The Morgan fingerprint density at radius 3 is 1.87 bits per heavy atom. The molecule has 0 aliphatic carbocycles. The SMILES string of the molecule is CCC[C@H](NC(=O)[C@@H](NC(=O)c1cc[n+]([O-])cc1)[C@@H](C)CC)C(=O)N[C@H](CN[C@@H](C)C(=O)N[C@@H](CC(C)C)C(=O)NCC)CC(C)C. The molecule has 5 amide bonds. The van der Waals surface area contributed by atoms with E-state index in [0.717, 1.165) is 0 Å². The van der Waals surface area contributed by atoms with Crippen LogP contribution >= 0.6 is 0 Å². The predicted octanol–water partition coefficient (Wildman–Crippen LogP) is 1.93. The van der Waals surface area contributed by atoms with Gasteiger partial charge in [-0.15, -0.1) is 0 Å². The molecule has 6 N–H and O–H groups in total. The fourth-order valence-electron chi connectivity index (χ4n) is 5.08. The molecule has 0 saturated carbocycles. The summed E-state index contributed by atoms with van der Waals surface area (Å²) in [5.74, 6) is -1.63. The fourth-order valence-corrected chi connectivity index (χ4v) is 5.08. The van der Waals surface area contributed by atoms with Crippen LogP contribution in [0.2, 0.25) is 0 Å². The Morgan fingerprint density at radius 2 is 1.34 bits per heavy atom. The van der Waals surface area contributed by atoms with Crippen molar-refractivity contribution in [3.8, 4) is 0 Å². The first-order valence-electron chi connectivity index (χ1n) is 17.0. The summed E-state index contributed by atoms with van der Waals surface area (Å²) in [5.41, 5.74) is 0.243. The highest BCUT2D eigenvalue weighted by Gasteiger charge is 2.31. The van der Waals surface area contributed by atoms with Gasteiger partial charge in [-0.25, -0.2) is 0 Å². The molecule has 6 atom stereocenters. The van der Waals surface area contributed by atoms with Gasteiger partial charge in [-0.05, 0) is 50.9 Å². The number of rotatable bonds is 21. The molecule has 0 unspecified atom stereocenters. The lowest BCUT2D eigenvalue weighted by atomic mass is 9.97. The standard InChI is InChI=1S/C34H59N7O6/c1-10-13-27(38-34(46)29(23(8)11-2)40-31(43)25-14-16-41(47)17-15-25)33(45)37-26(18-21(4)5)20-36-24(9)30(42)39-28(19-22(6)7)32(44)35-12-3/h14-17,21-24,26-29,36H,10-13,18-20H2,1-9H3,(H,35,44)(H,37,45)(H,38,46)(H,39,42)(H,40,43)/t23-,24-,26-,27-,28-,29-/m0/s1. The van der Waals surface area contributed by atoms with Gasteiger partial charge >= 0.3 is 0 Å². The van der Waals surface area contributed by atoms with Crippen LogP contribution in [0, 0.1) is 23.0 Å². The van der Waals surface area contributed by atoms with Crippen molar-refractivity contribution in [3.05, 3.63) is 35.3 Å². The van der Waals surface area contributed by atoms with Gasteiger partial charge in [-0.3, -0.25) is 24.0 Å². The van der Waals surface area contributed by atoms with E-state index >= 15 is 0 Å². The van der Waals surface area contributed by atoms with Gasteiger partial charge in [0.25, 0.3) is 5.91 Å². The van der Waals surface area contributed by atoms with Crippen molar-refractivity contribution in [2.45, 2.75) is 125 Å². The number of likely N-dealkylation sites (N-methyl/N-ethyl adjacent to an activating group) is 1. The average molecular weight is 662 g/mol. The van der Waals surface area contributed by atoms with Crippen molar-refractivity contribution >= 4 is 29.5 Å². The van der Waals surface area contributed by atoms with Gasteiger partial charge < -0.3 is 37.1 Å². The molecule has 0 aliphatic heterocycles. The Morgan fingerprint density at radius 1 is 0.745 bits per heavy atom. The molecule has 0 aliphatic rings. The summed E-state index contributed by atoms with van der Waals surface area (Å²) in [6.07, 6.45) is 5.18. The molecular weight excluding hydrogens is 602 g/mol. The molecule has 0 radical (unpaired) electrons. The van der Waals surface area contributed by atoms with Crippen molar-refractivity contribution in [2.24, 2.45) is 17.8 Å². The second kappa shape index (κ2) is 21.2. The van der Waals surface area contributed by atoms with Gasteiger partial charge in [0.2, 0.25) is 23.6 Å². The quantitative estimate of drug-likeness (QED) is 0.0859. The van der Waals surface area contributed by atoms with E-state index in [1.165, 1.54) is 24.5 Å². The second-order valence-corrected chi connectivity index (χ2v) is 13.2. The van der Waals surface area contributed by atoms with Crippen LogP contribution in [0.4, 0.5) is 0 Å². The van der Waals surface area contributed by atoms with Crippen molar-refractivity contribution < 1.29 is 28.7 Å². The van der Waals surface area contributed by atoms with Crippen LogP contribution in [0.1, 0.15) is 105 Å². The smallest absolute Gasteiger partial charge is 0.252 e. The lowest BCUT2D eigenvalue weighted by Gasteiger charge is -2.29. The molecule has 0 fully saturated rings. The van der Waals surface area contributed by atoms with Gasteiger partial charge in [0.15, 0.2) is 12.4 Å². The summed E-state index contributed by atoms with van der Waals surface area (Å²) >= 11 is 0. The van der Waals surface area contributed by atoms with E-state index in [2.05, 4.69) is 31.9 Å². The van der Waals surface area contributed by atoms with Crippen LogP contribution in [0.5, 0.6) is 0 Å². The molecule has 0 spiro atoms. The number of nitrogens with zero attached hydrogens (tertiary/aromatic N) is 1. The van der Waals surface area contributed by atoms with Crippen molar-refractivity contribution in [3.63, 3.8) is 0 Å². The van der Waals surface area contributed by atoms with Crippen LogP contribution in [0.3, 0.4) is 0 Å². The fraction of sp³-hybridized carbons (Fsp3) is 0.706. The molecule has 1 aromatic heterocycles. The van der Waals surface area contributed by atoms with Gasteiger partial charge in [-0.1, -0.05) is 61.3 Å². The van der Waals surface area contributed by atoms with E-state index in [1.807, 2.05) is 55.4 Å². The predicted molar refractivity (Wildman–Crippen MR) is 182 cm³/mol. The number of aromatic nitrogens is 1. The van der Waals surface area contributed by atoms with Crippen molar-refractivity contribution in [1.29, 1.82) is 0 Å². The molecule has 13 heteroatoms. The highest BCUT2D eigenvalue weighted by molar-refractivity contribution is 5.98. The minimum absolute atomic E-state index is 0.210. The molecule has 0 bridgehead atoms. The maximum atomic E-state index is 13.6. The molecular formula is C34H59N7O6. The number of nitrogens with one attached hydrogen (secondary N) is 6. The molecule has 0 saturated heterocycles. The Bertz CT molecular complexity index is 1140. The number of carbonyl (C=O) groups excluding carboxylic acids is 5. The van der Waals surface area contributed by atoms with Gasteiger partial charge in [0.05, 0.1) is 11.6 Å². The van der Waals surface area contributed by atoms with Crippen LogP contribution in [-0.2, 0) is 19.2 Å². The number of carbonyl (C=O) groups is 5. The molecule has 47 heavy (non-hydrogen) atoms. The second-order valence-electron chi connectivity index (χ2n) is 13.2. The zero-order valence-electron chi connectivity index (χ0n) is 29.8.